The van der Waals surface area contributed by atoms with E-state index in [2.05, 4.69) is 117 Å². The lowest BCUT2D eigenvalue weighted by Crippen LogP contribution is -2.15. The SMILES string of the molecule is [2H]c1c([2H])c([2H])c(-c2nc(-c3ccc(-n4c5ccccc5c5ccc6c(c7ccccc7n6-c6ccc7c(c6)C(C)(C)c6ccccc6-7)c54)c(C#N)c3)nc(-c3c([2H])c([2H])c([2H])c([2H])c3[2H])n2)c([2H])c1[2H]. The molecular formula is C55H36N6. The van der Waals surface area contributed by atoms with Gasteiger partial charge in [-0.2, -0.15) is 5.26 Å². The first-order chi connectivity index (χ1) is 34.1. The Morgan fingerprint density at radius 2 is 1.13 bits per heavy atom. The minimum Gasteiger partial charge on any atom is -0.309 e. The Morgan fingerprint density at radius 3 is 1.84 bits per heavy atom. The van der Waals surface area contributed by atoms with E-state index in [1.165, 1.54) is 22.3 Å². The van der Waals surface area contributed by atoms with Gasteiger partial charge in [0.25, 0.3) is 0 Å². The predicted octanol–water partition coefficient (Wildman–Crippen LogP) is 13.2. The van der Waals surface area contributed by atoms with Crippen LogP contribution in [0, 0.1) is 11.3 Å². The van der Waals surface area contributed by atoms with Gasteiger partial charge in [-0.1, -0.05) is 147 Å². The van der Waals surface area contributed by atoms with E-state index in [4.69, 9.17) is 13.7 Å². The van der Waals surface area contributed by atoms with Gasteiger partial charge in [0.2, 0.25) is 0 Å². The van der Waals surface area contributed by atoms with E-state index in [1.807, 2.05) is 30.3 Å². The molecule has 1 aliphatic carbocycles. The molecule has 0 radical (unpaired) electrons. The van der Waals surface area contributed by atoms with Crippen molar-refractivity contribution in [1.29, 1.82) is 5.26 Å². The fourth-order valence-electron chi connectivity index (χ4n) is 9.28. The topological polar surface area (TPSA) is 72.3 Å². The van der Waals surface area contributed by atoms with Crippen LogP contribution in [-0.2, 0) is 5.41 Å². The Morgan fingerprint density at radius 1 is 0.525 bits per heavy atom. The van der Waals surface area contributed by atoms with Crippen LogP contribution in [0.1, 0.15) is 44.2 Å². The lowest BCUT2D eigenvalue weighted by atomic mass is 9.82. The summed E-state index contributed by atoms with van der Waals surface area (Å²) in [6, 6.07) is 37.1. The third kappa shape index (κ3) is 5.17. The zero-order valence-electron chi connectivity index (χ0n) is 42.7. The van der Waals surface area contributed by atoms with Crippen LogP contribution in [0.5, 0.6) is 0 Å². The molecule has 0 amide bonds. The van der Waals surface area contributed by atoms with Crippen molar-refractivity contribution in [2.24, 2.45) is 0 Å². The average molecular weight is 791 g/mol. The summed E-state index contributed by atoms with van der Waals surface area (Å²) < 4.78 is 89.3. The van der Waals surface area contributed by atoms with Crippen LogP contribution in [0.4, 0.5) is 0 Å². The second-order valence-corrected chi connectivity index (χ2v) is 15.6. The molecule has 61 heavy (non-hydrogen) atoms. The Balaban J connectivity index is 1.10. The molecule has 6 heteroatoms. The smallest absolute Gasteiger partial charge is 0.164 e. The maximum Gasteiger partial charge on any atom is 0.164 e. The van der Waals surface area contributed by atoms with E-state index in [-0.39, 0.29) is 33.5 Å². The van der Waals surface area contributed by atoms with Crippen molar-refractivity contribution in [3.8, 4) is 62.7 Å². The summed E-state index contributed by atoms with van der Waals surface area (Å²) in [5.41, 5.74) is 9.73. The molecule has 8 aromatic carbocycles. The fraction of sp³-hybridized carbons (Fsp3) is 0.0545. The van der Waals surface area contributed by atoms with E-state index in [0.717, 1.165) is 49.3 Å². The van der Waals surface area contributed by atoms with Crippen molar-refractivity contribution in [3.05, 3.63) is 198 Å². The zero-order chi connectivity index (χ0) is 49.5. The molecule has 1 aliphatic rings. The van der Waals surface area contributed by atoms with Crippen LogP contribution in [0.2, 0.25) is 0 Å². The standard InChI is InChI=1S/C55H36N6/c1-55(2)44-22-12-9-19-39(44)40-27-26-38(32-45(40)55)60-48-24-14-11-21-43(48)50-49(60)30-28-42-41-20-10-13-23-47(41)61(51(42)50)46-29-25-36(31-37(46)33-56)54-58-52(34-15-5-3-6-16-34)57-53(59-54)35-17-7-4-8-18-35/h3-32H,1-2H3/i3D,4D,5D,6D,7D,8D,15D,16D,17D,18D. The quantitative estimate of drug-likeness (QED) is 0.174. The van der Waals surface area contributed by atoms with Gasteiger partial charge in [0.05, 0.1) is 47.0 Å². The van der Waals surface area contributed by atoms with Gasteiger partial charge < -0.3 is 9.13 Å². The summed E-state index contributed by atoms with van der Waals surface area (Å²) in [5, 5.41) is 15.0. The number of benzene rings is 8. The van der Waals surface area contributed by atoms with Gasteiger partial charge in [0.1, 0.15) is 6.07 Å². The normalized spacial score (nSPS) is 15.2. The summed E-state index contributed by atoms with van der Waals surface area (Å²) in [7, 11) is 0. The van der Waals surface area contributed by atoms with Crippen molar-refractivity contribution in [2.75, 3.05) is 0 Å². The zero-order valence-corrected chi connectivity index (χ0v) is 32.7. The molecule has 3 aromatic heterocycles. The van der Waals surface area contributed by atoms with Gasteiger partial charge in [0.15, 0.2) is 17.5 Å². The molecule has 12 rings (SSSR count). The van der Waals surface area contributed by atoms with E-state index in [9.17, 15) is 5.26 Å². The van der Waals surface area contributed by atoms with Crippen molar-refractivity contribution >= 4 is 43.6 Å². The summed E-state index contributed by atoms with van der Waals surface area (Å²) in [6.45, 7) is 4.54. The fourth-order valence-corrected chi connectivity index (χ4v) is 9.28. The first-order valence-corrected chi connectivity index (χ1v) is 19.8. The largest absolute Gasteiger partial charge is 0.309 e. The minimum absolute atomic E-state index is 0.139. The van der Waals surface area contributed by atoms with Gasteiger partial charge in [0, 0.05) is 49.3 Å². The summed E-state index contributed by atoms with van der Waals surface area (Å²) in [5.74, 6) is -0.928. The molecule has 0 saturated heterocycles. The molecule has 0 unspecified atom stereocenters. The first-order valence-electron chi connectivity index (χ1n) is 24.8. The third-order valence-electron chi connectivity index (χ3n) is 12.0. The molecular weight excluding hydrogens is 745 g/mol. The molecule has 0 spiro atoms. The van der Waals surface area contributed by atoms with E-state index >= 15 is 0 Å². The van der Waals surface area contributed by atoms with Crippen LogP contribution < -0.4 is 0 Å². The predicted molar refractivity (Wildman–Crippen MR) is 247 cm³/mol. The molecule has 0 bridgehead atoms. The third-order valence-corrected chi connectivity index (χ3v) is 12.0. The number of nitrogens with zero attached hydrogens (tertiary/aromatic N) is 6. The van der Waals surface area contributed by atoms with Gasteiger partial charge in [-0.15, -0.1) is 0 Å². The number of fused-ring (bicyclic) bond motifs is 10. The molecule has 0 aliphatic heterocycles. The number of aromatic nitrogens is 5. The van der Waals surface area contributed by atoms with Crippen molar-refractivity contribution < 1.29 is 13.7 Å². The van der Waals surface area contributed by atoms with Crippen molar-refractivity contribution in [1.82, 2.24) is 24.1 Å². The van der Waals surface area contributed by atoms with E-state index in [1.54, 1.807) is 18.2 Å². The highest BCUT2D eigenvalue weighted by molar-refractivity contribution is 6.26. The van der Waals surface area contributed by atoms with Crippen LogP contribution in [0.15, 0.2) is 182 Å². The summed E-state index contributed by atoms with van der Waals surface area (Å²) in [6.07, 6.45) is 0. The number of hydrogen-bond acceptors (Lipinski definition) is 4. The highest BCUT2D eigenvalue weighted by Gasteiger charge is 2.35. The monoisotopic (exact) mass is 790 g/mol. The lowest BCUT2D eigenvalue weighted by Gasteiger charge is -2.22. The number of nitriles is 1. The van der Waals surface area contributed by atoms with Gasteiger partial charge >= 0.3 is 0 Å². The number of para-hydroxylation sites is 2. The molecule has 286 valence electrons. The van der Waals surface area contributed by atoms with Gasteiger partial charge in [-0.05, 0) is 70.8 Å². The van der Waals surface area contributed by atoms with Crippen molar-refractivity contribution in [3.63, 3.8) is 0 Å². The molecule has 0 saturated carbocycles. The van der Waals surface area contributed by atoms with Crippen LogP contribution in [-0.4, -0.2) is 24.1 Å². The number of rotatable bonds is 5. The Bertz CT molecular complexity index is 4100. The maximum absolute atomic E-state index is 11.1. The lowest BCUT2D eigenvalue weighted by molar-refractivity contribution is 0.660. The van der Waals surface area contributed by atoms with Crippen LogP contribution in [0.3, 0.4) is 0 Å². The van der Waals surface area contributed by atoms with E-state index < -0.39 is 72.1 Å². The minimum atomic E-state index is -0.644. The second-order valence-electron chi connectivity index (χ2n) is 15.6. The van der Waals surface area contributed by atoms with E-state index in [0.29, 0.717) is 5.69 Å². The second kappa shape index (κ2) is 13.2. The molecule has 0 fully saturated rings. The Hall–Kier alpha value is -8.14. The Kier molecular flexibility index (Phi) is 5.63. The van der Waals surface area contributed by atoms with Crippen LogP contribution >= 0.6 is 0 Å². The first kappa shape index (κ1) is 26.1. The van der Waals surface area contributed by atoms with Crippen molar-refractivity contribution in [2.45, 2.75) is 19.3 Å². The highest BCUT2D eigenvalue weighted by atomic mass is 15.0. The average Bonchev–Trinajstić information content (AvgIpc) is 3.98. The summed E-state index contributed by atoms with van der Waals surface area (Å²) >= 11 is 0. The molecule has 3 heterocycles. The van der Waals surface area contributed by atoms with Gasteiger partial charge in [-0.3, -0.25) is 0 Å². The molecule has 0 atom stereocenters. The molecule has 6 nitrogen and oxygen atoms in total. The number of hydrogen-bond donors (Lipinski definition) is 0. The summed E-state index contributed by atoms with van der Waals surface area (Å²) in [4.78, 5) is 13.6. The Labute approximate surface area is 366 Å². The maximum atomic E-state index is 11.1. The highest BCUT2D eigenvalue weighted by Crippen LogP contribution is 2.50. The molecule has 11 aromatic rings. The van der Waals surface area contributed by atoms with Gasteiger partial charge in [-0.25, -0.2) is 15.0 Å². The molecule has 0 N–H and O–H groups in total. The van der Waals surface area contributed by atoms with Crippen LogP contribution in [0.25, 0.3) is 100 Å².